The Morgan fingerprint density at radius 1 is 1.03 bits per heavy atom. The molecule has 0 aliphatic rings. The van der Waals surface area contributed by atoms with Gasteiger partial charge in [0.25, 0.3) is 15.7 Å². The summed E-state index contributed by atoms with van der Waals surface area (Å²) in [5, 5.41) is 12.7. The molecule has 0 heterocycles. The van der Waals surface area contributed by atoms with Crippen LogP contribution in [0, 0.1) is 10.1 Å². The molecule has 0 saturated carbocycles. The lowest BCUT2D eigenvalue weighted by Gasteiger charge is -2.24. The Balaban J connectivity index is 2.12. The molecule has 0 fully saturated rings. The molecule has 0 aliphatic heterocycles. The van der Waals surface area contributed by atoms with E-state index in [4.69, 9.17) is 4.74 Å². The first-order valence-corrected chi connectivity index (χ1v) is 10.2. The summed E-state index contributed by atoms with van der Waals surface area (Å²) in [5.41, 5.74) is -0.107. The summed E-state index contributed by atoms with van der Waals surface area (Å²) < 4.78 is 32.4. The minimum absolute atomic E-state index is 0.0985. The number of nitro benzene ring substituents is 1. The number of ether oxygens (including phenoxy) is 1. The molecule has 3 aromatic rings. The summed E-state index contributed by atoms with van der Waals surface area (Å²) in [4.78, 5) is 22.2. The van der Waals surface area contributed by atoms with Crippen LogP contribution in [0.1, 0.15) is 6.92 Å². The topological polar surface area (TPSA) is 107 Å². The molecular weight excluding hydrogens is 396 g/mol. The zero-order valence-electron chi connectivity index (χ0n) is 15.5. The number of benzene rings is 3. The van der Waals surface area contributed by atoms with Crippen molar-refractivity contribution in [2.24, 2.45) is 0 Å². The second kappa shape index (κ2) is 8.27. The van der Waals surface area contributed by atoms with E-state index in [0.29, 0.717) is 0 Å². The fourth-order valence-electron chi connectivity index (χ4n) is 2.86. The first-order chi connectivity index (χ1) is 13.8. The van der Waals surface area contributed by atoms with Crippen molar-refractivity contribution < 1.29 is 22.9 Å². The van der Waals surface area contributed by atoms with Crippen LogP contribution in [0.15, 0.2) is 71.6 Å². The third kappa shape index (κ3) is 4.35. The number of esters is 1. The van der Waals surface area contributed by atoms with Crippen LogP contribution in [0.4, 0.5) is 11.4 Å². The summed E-state index contributed by atoms with van der Waals surface area (Å²) in [5.74, 6) is -0.727. The molecule has 0 bridgehead atoms. The van der Waals surface area contributed by atoms with Crippen molar-refractivity contribution in [1.82, 2.24) is 0 Å². The van der Waals surface area contributed by atoms with Crippen LogP contribution in [0.2, 0.25) is 0 Å². The molecule has 150 valence electrons. The molecule has 0 radical (unpaired) electrons. The van der Waals surface area contributed by atoms with Crippen molar-refractivity contribution in [2.45, 2.75) is 11.8 Å². The summed E-state index contributed by atoms with van der Waals surface area (Å²) >= 11 is 0. The largest absolute Gasteiger partial charge is 0.465 e. The third-order valence-corrected chi connectivity index (χ3v) is 5.99. The van der Waals surface area contributed by atoms with Crippen molar-refractivity contribution >= 4 is 38.1 Å². The number of anilines is 1. The van der Waals surface area contributed by atoms with Crippen LogP contribution in [0.25, 0.3) is 10.8 Å². The van der Waals surface area contributed by atoms with Gasteiger partial charge < -0.3 is 4.74 Å². The van der Waals surface area contributed by atoms with Crippen molar-refractivity contribution in [3.63, 3.8) is 0 Å². The molecular formula is C20H18N2O6S. The number of hydrogen-bond acceptors (Lipinski definition) is 6. The summed E-state index contributed by atoms with van der Waals surface area (Å²) in [6.45, 7) is 1.16. The van der Waals surface area contributed by atoms with Gasteiger partial charge in [-0.05, 0) is 35.9 Å². The number of sulfonamides is 1. The Kier molecular flexibility index (Phi) is 5.79. The average Bonchev–Trinajstić information content (AvgIpc) is 2.72. The molecule has 0 atom stereocenters. The van der Waals surface area contributed by atoms with Gasteiger partial charge in [0.15, 0.2) is 0 Å². The summed E-state index contributed by atoms with van der Waals surface area (Å²) in [6, 6.07) is 17.0. The molecule has 0 unspecified atom stereocenters. The maximum atomic E-state index is 13.3. The Labute approximate surface area is 167 Å². The fraction of sp³-hybridized carbons (Fsp3) is 0.150. The SMILES string of the molecule is CCOC(=O)CN(c1ccc2ccccc2c1)S(=O)(=O)c1cccc([N+](=O)[O-])c1. The van der Waals surface area contributed by atoms with Gasteiger partial charge in [-0.15, -0.1) is 0 Å². The highest BCUT2D eigenvalue weighted by Crippen LogP contribution is 2.28. The molecule has 29 heavy (non-hydrogen) atoms. The van der Waals surface area contributed by atoms with E-state index < -0.39 is 27.5 Å². The van der Waals surface area contributed by atoms with Gasteiger partial charge in [0.2, 0.25) is 0 Å². The summed E-state index contributed by atoms with van der Waals surface area (Å²) in [6.07, 6.45) is 0. The second-order valence-electron chi connectivity index (χ2n) is 6.10. The van der Waals surface area contributed by atoms with E-state index in [0.717, 1.165) is 21.1 Å². The van der Waals surface area contributed by atoms with E-state index in [1.807, 2.05) is 24.3 Å². The van der Waals surface area contributed by atoms with E-state index in [2.05, 4.69) is 0 Å². The van der Waals surface area contributed by atoms with Crippen LogP contribution in [0.3, 0.4) is 0 Å². The molecule has 3 aromatic carbocycles. The van der Waals surface area contributed by atoms with E-state index in [1.165, 1.54) is 18.2 Å². The van der Waals surface area contributed by atoms with Gasteiger partial charge in [-0.25, -0.2) is 8.42 Å². The van der Waals surface area contributed by atoms with Gasteiger partial charge in [0.1, 0.15) is 6.54 Å². The van der Waals surface area contributed by atoms with Crippen LogP contribution >= 0.6 is 0 Å². The molecule has 0 saturated heterocycles. The Hall–Kier alpha value is -3.46. The van der Waals surface area contributed by atoms with Crippen molar-refractivity contribution in [1.29, 1.82) is 0 Å². The lowest BCUT2D eigenvalue weighted by atomic mass is 10.1. The average molecular weight is 414 g/mol. The molecule has 3 rings (SSSR count). The number of non-ortho nitro benzene ring substituents is 1. The van der Waals surface area contributed by atoms with Crippen LogP contribution in [-0.2, 0) is 19.6 Å². The lowest BCUT2D eigenvalue weighted by molar-refractivity contribution is -0.385. The van der Waals surface area contributed by atoms with E-state index in [9.17, 15) is 23.3 Å². The van der Waals surface area contributed by atoms with Gasteiger partial charge in [-0.2, -0.15) is 0 Å². The number of carbonyl (C=O) groups is 1. The minimum atomic E-state index is -4.26. The van der Waals surface area contributed by atoms with Crippen molar-refractivity contribution in [2.75, 3.05) is 17.5 Å². The highest BCUT2D eigenvalue weighted by Gasteiger charge is 2.29. The predicted molar refractivity (Wildman–Crippen MR) is 108 cm³/mol. The van der Waals surface area contributed by atoms with Crippen LogP contribution in [0.5, 0.6) is 0 Å². The molecule has 9 heteroatoms. The van der Waals surface area contributed by atoms with Gasteiger partial charge in [0, 0.05) is 12.1 Å². The summed E-state index contributed by atoms with van der Waals surface area (Å²) in [7, 11) is -4.26. The maximum absolute atomic E-state index is 13.3. The number of nitro groups is 1. The fourth-order valence-corrected chi connectivity index (χ4v) is 4.30. The van der Waals surface area contributed by atoms with Gasteiger partial charge in [-0.3, -0.25) is 19.2 Å². The van der Waals surface area contributed by atoms with Crippen LogP contribution < -0.4 is 4.31 Å². The minimum Gasteiger partial charge on any atom is -0.465 e. The Morgan fingerprint density at radius 3 is 2.45 bits per heavy atom. The zero-order chi connectivity index (χ0) is 21.0. The Morgan fingerprint density at radius 2 is 1.76 bits per heavy atom. The van der Waals surface area contributed by atoms with Gasteiger partial charge in [-0.1, -0.05) is 36.4 Å². The lowest BCUT2D eigenvalue weighted by Crippen LogP contribution is -2.36. The maximum Gasteiger partial charge on any atom is 0.326 e. The normalized spacial score (nSPS) is 11.2. The van der Waals surface area contributed by atoms with Crippen molar-refractivity contribution in [3.8, 4) is 0 Å². The standard InChI is InChI=1S/C20H18N2O6S/c1-2-28-20(23)14-21(17-11-10-15-6-3-4-7-16(15)12-17)29(26,27)19-9-5-8-18(13-19)22(24)25/h3-13H,2,14H2,1H3. The third-order valence-electron chi connectivity index (χ3n) is 4.22. The van der Waals surface area contributed by atoms with Gasteiger partial charge >= 0.3 is 5.97 Å². The molecule has 0 N–H and O–H groups in total. The Bertz CT molecular complexity index is 1180. The molecule has 0 aliphatic carbocycles. The van der Waals surface area contributed by atoms with E-state index >= 15 is 0 Å². The monoisotopic (exact) mass is 414 g/mol. The predicted octanol–water partition coefficient (Wildman–Crippen LogP) is 3.51. The first-order valence-electron chi connectivity index (χ1n) is 8.74. The number of rotatable bonds is 7. The quantitative estimate of drug-likeness (QED) is 0.333. The first kappa shape index (κ1) is 20.3. The zero-order valence-corrected chi connectivity index (χ0v) is 16.3. The van der Waals surface area contributed by atoms with Gasteiger partial charge in [0.05, 0.1) is 22.1 Å². The molecule has 0 spiro atoms. The highest BCUT2D eigenvalue weighted by molar-refractivity contribution is 7.92. The number of carbonyl (C=O) groups excluding carboxylic acids is 1. The second-order valence-corrected chi connectivity index (χ2v) is 7.96. The molecule has 0 amide bonds. The van der Waals surface area contributed by atoms with Crippen molar-refractivity contribution in [3.05, 3.63) is 76.8 Å². The smallest absolute Gasteiger partial charge is 0.326 e. The van der Waals surface area contributed by atoms with E-state index in [1.54, 1.807) is 25.1 Å². The van der Waals surface area contributed by atoms with E-state index in [-0.39, 0.29) is 22.9 Å². The highest BCUT2D eigenvalue weighted by atomic mass is 32.2. The number of nitrogens with zero attached hydrogens (tertiary/aromatic N) is 2. The number of hydrogen-bond donors (Lipinski definition) is 0. The molecule has 8 nitrogen and oxygen atoms in total. The van der Waals surface area contributed by atoms with Crippen LogP contribution in [-0.4, -0.2) is 32.5 Å². The number of fused-ring (bicyclic) bond motifs is 1. The molecule has 0 aromatic heterocycles.